The number of hydrogen-bond acceptors (Lipinski definition) is 3. The Hall–Kier alpha value is -3.33. The van der Waals surface area contributed by atoms with Crippen molar-refractivity contribution < 1.29 is 18.0 Å². The number of pyridine rings is 1. The number of aromatic nitrogens is 3. The lowest BCUT2D eigenvalue weighted by molar-refractivity contribution is -0.136. The zero-order chi connectivity index (χ0) is 27.4. The maximum Gasteiger partial charge on any atom is 0.420 e. The maximum absolute atomic E-state index is 14.0. The predicted molar refractivity (Wildman–Crippen MR) is 143 cm³/mol. The summed E-state index contributed by atoms with van der Waals surface area (Å²) in [5, 5.41) is 1.05. The molecule has 1 amide bonds. The number of amides is 1. The summed E-state index contributed by atoms with van der Waals surface area (Å²) in [6.45, 7) is 8.01. The number of benzene rings is 1. The highest BCUT2D eigenvalue weighted by Gasteiger charge is 2.35. The first-order chi connectivity index (χ1) is 17.9. The summed E-state index contributed by atoms with van der Waals surface area (Å²) < 4.78 is 43.5. The average Bonchev–Trinajstić information content (AvgIpc) is 3.42. The van der Waals surface area contributed by atoms with Crippen LogP contribution < -0.4 is 0 Å². The number of aromatic amines is 1. The first-order valence-corrected chi connectivity index (χ1v) is 13.1. The molecule has 1 aliphatic heterocycles. The molecule has 0 unspecified atom stereocenters. The first kappa shape index (κ1) is 26.3. The van der Waals surface area contributed by atoms with Crippen LogP contribution in [0, 0.1) is 6.92 Å². The molecule has 6 nitrogen and oxygen atoms in total. The minimum Gasteiger partial charge on any atom is -0.354 e. The molecule has 38 heavy (non-hydrogen) atoms. The fraction of sp³-hybridized carbons (Fsp3) is 0.448. The predicted octanol–water partition coefficient (Wildman–Crippen LogP) is 6.20. The van der Waals surface area contributed by atoms with Gasteiger partial charge in [-0.2, -0.15) is 13.2 Å². The summed E-state index contributed by atoms with van der Waals surface area (Å²) in [5.74, 6) is 0.594. The van der Waals surface area contributed by atoms with Gasteiger partial charge in [0.25, 0.3) is 0 Å². The molecular formula is C29H34F3N5O. The van der Waals surface area contributed by atoms with Gasteiger partial charge in [0.1, 0.15) is 5.65 Å². The number of alkyl halides is 3. The van der Waals surface area contributed by atoms with E-state index in [1.54, 1.807) is 38.3 Å². The molecule has 1 aromatic carbocycles. The van der Waals surface area contributed by atoms with Gasteiger partial charge in [-0.3, -0.25) is 9.69 Å². The van der Waals surface area contributed by atoms with E-state index >= 15 is 0 Å². The first-order valence-electron chi connectivity index (χ1n) is 13.1. The number of fused-ring (bicyclic) bond motifs is 2. The van der Waals surface area contributed by atoms with Crippen LogP contribution in [0.5, 0.6) is 0 Å². The molecule has 0 bridgehead atoms. The van der Waals surface area contributed by atoms with Gasteiger partial charge in [-0.15, -0.1) is 0 Å². The lowest BCUT2D eigenvalue weighted by Gasteiger charge is -2.32. The molecule has 0 aliphatic carbocycles. The number of carbonyl (C=O) groups excluding carboxylic acids is 1. The van der Waals surface area contributed by atoms with E-state index in [9.17, 15) is 18.0 Å². The largest absolute Gasteiger partial charge is 0.420 e. The molecular weight excluding hydrogens is 491 g/mol. The Balaban J connectivity index is 1.51. The van der Waals surface area contributed by atoms with E-state index in [1.165, 1.54) is 16.0 Å². The molecule has 1 saturated heterocycles. The number of likely N-dealkylation sites (tertiary alicyclic amines) is 1. The Morgan fingerprint density at radius 1 is 1.16 bits per heavy atom. The van der Waals surface area contributed by atoms with E-state index in [0.717, 1.165) is 42.4 Å². The molecule has 0 radical (unpaired) electrons. The Labute approximate surface area is 220 Å². The van der Waals surface area contributed by atoms with Crippen LogP contribution >= 0.6 is 0 Å². The van der Waals surface area contributed by atoms with Crippen molar-refractivity contribution in [2.75, 3.05) is 33.7 Å². The molecule has 9 heteroatoms. The van der Waals surface area contributed by atoms with Crippen molar-refractivity contribution in [2.24, 2.45) is 0 Å². The van der Waals surface area contributed by atoms with Gasteiger partial charge >= 0.3 is 6.18 Å². The molecule has 5 rings (SSSR count). The Bertz CT molecular complexity index is 1490. The minimum atomic E-state index is -4.52. The van der Waals surface area contributed by atoms with E-state index in [0.29, 0.717) is 29.4 Å². The lowest BCUT2D eigenvalue weighted by atomic mass is 9.87. The summed E-state index contributed by atoms with van der Waals surface area (Å²) in [4.78, 5) is 23.5. The molecule has 4 heterocycles. The van der Waals surface area contributed by atoms with Gasteiger partial charge in [0, 0.05) is 43.0 Å². The zero-order valence-corrected chi connectivity index (χ0v) is 22.5. The van der Waals surface area contributed by atoms with Crippen molar-refractivity contribution in [3.05, 3.63) is 59.0 Å². The van der Waals surface area contributed by atoms with Crippen LogP contribution in [0.1, 0.15) is 60.9 Å². The summed E-state index contributed by atoms with van der Waals surface area (Å²) >= 11 is 0. The Kier molecular flexibility index (Phi) is 6.75. The van der Waals surface area contributed by atoms with E-state index in [4.69, 9.17) is 0 Å². The van der Waals surface area contributed by atoms with Gasteiger partial charge in [0.15, 0.2) is 0 Å². The van der Waals surface area contributed by atoms with Gasteiger partial charge in [-0.1, -0.05) is 19.9 Å². The van der Waals surface area contributed by atoms with Gasteiger partial charge in [0.2, 0.25) is 5.91 Å². The number of carbonyl (C=O) groups is 1. The van der Waals surface area contributed by atoms with Crippen LogP contribution in [-0.2, 0) is 11.0 Å². The van der Waals surface area contributed by atoms with Gasteiger partial charge in [-0.25, -0.2) is 4.98 Å². The normalized spacial score (nSPS) is 15.7. The molecule has 0 atom stereocenters. The van der Waals surface area contributed by atoms with Crippen molar-refractivity contribution in [3.63, 3.8) is 0 Å². The molecule has 0 spiro atoms. The fourth-order valence-electron chi connectivity index (χ4n) is 5.64. The van der Waals surface area contributed by atoms with Crippen LogP contribution in [-0.4, -0.2) is 63.8 Å². The van der Waals surface area contributed by atoms with E-state index in [1.807, 2.05) is 6.07 Å². The molecule has 1 aliphatic rings. The van der Waals surface area contributed by atoms with Crippen LogP contribution in [0.25, 0.3) is 27.8 Å². The van der Waals surface area contributed by atoms with E-state index in [2.05, 4.69) is 40.8 Å². The van der Waals surface area contributed by atoms with Gasteiger partial charge in [0.05, 0.1) is 23.5 Å². The third-order valence-electron chi connectivity index (χ3n) is 7.62. The number of imidazole rings is 1. The number of H-pyrrole nitrogens is 1. The summed E-state index contributed by atoms with van der Waals surface area (Å²) in [7, 11) is 3.56. The number of nitrogens with one attached hydrogen (secondary N) is 1. The number of hydrogen-bond donors (Lipinski definition) is 1. The number of nitrogens with zero attached hydrogens (tertiary/aromatic N) is 4. The molecule has 1 N–H and O–H groups in total. The lowest BCUT2D eigenvalue weighted by Crippen LogP contribution is -2.40. The molecule has 0 saturated carbocycles. The van der Waals surface area contributed by atoms with Crippen LogP contribution in [0.2, 0.25) is 0 Å². The standard InChI is InChI=1S/C29H34F3N5O/c1-17(2)26-22-12-20(19-8-10-36(11-9-19)16-25(38)35(4)5)6-7-24(22)34-27(26)21-13-23(29(30,31)32)28-33-18(3)14-37(28)15-21/h6-7,12-15,17,19,34H,8-11,16H2,1-5H3. The molecule has 3 aromatic heterocycles. The fourth-order valence-corrected chi connectivity index (χ4v) is 5.64. The van der Waals surface area contributed by atoms with Crippen molar-refractivity contribution in [2.45, 2.75) is 51.6 Å². The third kappa shape index (κ3) is 4.91. The van der Waals surface area contributed by atoms with Crippen molar-refractivity contribution in [1.82, 2.24) is 24.2 Å². The zero-order valence-electron chi connectivity index (χ0n) is 22.5. The number of rotatable bonds is 5. The highest BCUT2D eigenvalue weighted by molar-refractivity contribution is 5.92. The van der Waals surface area contributed by atoms with Crippen LogP contribution in [0.3, 0.4) is 0 Å². The smallest absolute Gasteiger partial charge is 0.354 e. The second-order valence-corrected chi connectivity index (χ2v) is 11.0. The topological polar surface area (TPSA) is 56.6 Å². The van der Waals surface area contributed by atoms with Crippen molar-refractivity contribution >= 4 is 22.5 Å². The maximum atomic E-state index is 14.0. The third-order valence-corrected chi connectivity index (χ3v) is 7.62. The number of halogens is 3. The van der Waals surface area contributed by atoms with Crippen LogP contribution in [0.15, 0.2) is 36.7 Å². The highest BCUT2D eigenvalue weighted by atomic mass is 19.4. The summed E-state index contributed by atoms with van der Waals surface area (Å²) in [5.41, 5.74) is 4.08. The molecule has 202 valence electrons. The monoisotopic (exact) mass is 525 g/mol. The molecule has 4 aromatic rings. The Morgan fingerprint density at radius 2 is 1.87 bits per heavy atom. The number of aryl methyl sites for hydroxylation is 1. The SMILES string of the molecule is Cc1cn2cc(-c3[nH]c4ccc(C5CCN(CC(=O)N(C)C)CC5)cc4c3C(C)C)cc(C(F)(F)F)c2n1. The second kappa shape index (κ2) is 9.76. The highest BCUT2D eigenvalue weighted by Crippen LogP contribution is 2.41. The van der Waals surface area contributed by atoms with Crippen LogP contribution in [0.4, 0.5) is 13.2 Å². The number of likely N-dealkylation sites (N-methyl/N-ethyl adjacent to an activating group) is 1. The summed E-state index contributed by atoms with van der Waals surface area (Å²) in [6.07, 6.45) is 0.769. The van der Waals surface area contributed by atoms with Crippen molar-refractivity contribution in [3.8, 4) is 11.3 Å². The quantitative estimate of drug-likeness (QED) is 0.338. The summed E-state index contributed by atoms with van der Waals surface area (Å²) in [6, 6.07) is 7.60. The minimum absolute atomic E-state index is 0.0816. The number of piperidine rings is 1. The van der Waals surface area contributed by atoms with Crippen molar-refractivity contribution in [1.29, 1.82) is 0 Å². The average molecular weight is 526 g/mol. The van der Waals surface area contributed by atoms with Gasteiger partial charge in [-0.05, 0) is 74.0 Å². The second-order valence-electron chi connectivity index (χ2n) is 11.0. The van der Waals surface area contributed by atoms with E-state index < -0.39 is 11.7 Å². The molecule has 1 fully saturated rings. The van der Waals surface area contributed by atoms with E-state index in [-0.39, 0.29) is 17.5 Å². The van der Waals surface area contributed by atoms with Gasteiger partial charge < -0.3 is 14.3 Å². The Morgan fingerprint density at radius 3 is 2.50 bits per heavy atom.